The number of hydrogen-bond acceptors (Lipinski definition) is 7. The van der Waals surface area contributed by atoms with Crippen LogP contribution in [-0.2, 0) is 28.2 Å². The Bertz CT molecular complexity index is 1540. The summed E-state index contributed by atoms with van der Waals surface area (Å²) in [6.07, 6.45) is 2.70. The van der Waals surface area contributed by atoms with Crippen molar-refractivity contribution < 1.29 is 28.6 Å². The molecule has 1 aromatic carbocycles. The second-order valence-electron chi connectivity index (χ2n) is 11.7. The number of benzene rings is 1. The molecule has 0 saturated heterocycles. The summed E-state index contributed by atoms with van der Waals surface area (Å²) in [5.41, 5.74) is 4.77. The Labute approximate surface area is 240 Å². The van der Waals surface area contributed by atoms with Gasteiger partial charge >= 0.3 is 5.97 Å². The lowest BCUT2D eigenvalue weighted by Gasteiger charge is -2.47. The van der Waals surface area contributed by atoms with E-state index in [1.807, 2.05) is 0 Å². The molecule has 3 heterocycles. The highest BCUT2D eigenvalue weighted by Gasteiger charge is 2.63. The van der Waals surface area contributed by atoms with Crippen LogP contribution >= 0.6 is 11.6 Å². The number of esters is 1. The van der Waals surface area contributed by atoms with E-state index in [1.54, 1.807) is 11.8 Å². The molecule has 10 nitrogen and oxygen atoms in total. The van der Waals surface area contributed by atoms with Gasteiger partial charge in [-0.15, -0.1) is 0 Å². The monoisotopic (exact) mass is 586 g/mol. The van der Waals surface area contributed by atoms with Crippen LogP contribution in [0.5, 0.6) is 5.75 Å². The molecular formula is C29H32ClFN4O6. The number of carbonyl (C=O) groups is 3. The van der Waals surface area contributed by atoms with Gasteiger partial charge in [0, 0.05) is 24.6 Å². The van der Waals surface area contributed by atoms with Gasteiger partial charge in [0.05, 0.1) is 17.1 Å². The molecule has 2 amide bonds. The Hall–Kier alpha value is -3.44. The van der Waals surface area contributed by atoms with Crippen molar-refractivity contribution in [1.82, 2.24) is 14.4 Å². The Morgan fingerprint density at radius 2 is 1.98 bits per heavy atom. The second kappa shape index (κ2) is 9.84. The molecule has 2 aromatic rings. The molecule has 0 bridgehead atoms. The van der Waals surface area contributed by atoms with Crippen molar-refractivity contribution in [3.8, 4) is 5.75 Å². The highest BCUT2D eigenvalue weighted by atomic mass is 35.5. The number of aromatic nitrogens is 1. The quantitative estimate of drug-likeness (QED) is 0.497. The van der Waals surface area contributed by atoms with E-state index in [0.717, 1.165) is 19.3 Å². The topological polar surface area (TPSA) is 135 Å². The summed E-state index contributed by atoms with van der Waals surface area (Å²) >= 11 is 5.92. The number of aromatic hydroxyl groups is 1. The van der Waals surface area contributed by atoms with E-state index in [2.05, 4.69) is 0 Å². The maximum atomic E-state index is 14.2. The number of amides is 2. The molecule has 2 aliphatic carbocycles. The minimum Gasteiger partial charge on any atom is -0.502 e. The van der Waals surface area contributed by atoms with Gasteiger partial charge in [-0.2, -0.15) is 0 Å². The van der Waals surface area contributed by atoms with Gasteiger partial charge in [-0.1, -0.05) is 17.7 Å². The van der Waals surface area contributed by atoms with E-state index < -0.39 is 52.7 Å². The molecule has 41 heavy (non-hydrogen) atoms. The molecule has 2 aliphatic heterocycles. The third kappa shape index (κ3) is 4.07. The zero-order chi connectivity index (χ0) is 29.4. The lowest BCUT2D eigenvalue weighted by Crippen LogP contribution is -2.57. The molecule has 6 rings (SSSR count). The van der Waals surface area contributed by atoms with Gasteiger partial charge in [-0.05, 0) is 69.6 Å². The van der Waals surface area contributed by atoms with E-state index in [0.29, 0.717) is 23.5 Å². The average molecular weight is 587 g/mol. The van der Waals surface area contributed by atoms with Gasteiger partial charge < -0.3 is 25.4 Å². The molecule has 5 atom stereocenters. The van der Waals surface area contributed by atoms with Crippen LogP contribution in [0.3, 0.4) is 0 Å². The van der Waals surface area contributed by atoms with Gasteiger partial charge in [0.15, 0.2) is 5.75 Å². The van der Waals surface area contributed by atoms with E-state index in [9.17, 15) is 28.7 Å². The van der Waals surface area contributed by atoms with Crippen molar-refractivity contribution in [2.45, 2.75) is 70.3 Å². The van der Waals surface area contributed by atoms with Gasteiger partial charge in [0.2, 0.25) is 0 Å². The Morgan fingerprint density at radius 3 is 2.61 bits per heavy atom. The van der Waals surface area contributed by atoms with Crippen molar-refractivity contribution in [3.63, 3.8) is 0 Å². The summed E-state index contributed by atoms with van der Waals surface area (Å²) in [5.74, 6) is -2.50. The molecule has 2 fully saturated rings. The molecule has 2 saturated carbocycles. The number of halogens is 2. The fraction of sp³-hybridized carbons (Fsp3) is 0.517. The van der Waals surface area contributed by atoms with E-state index in [4.69, 9.17) is 22.1 Å². The normalized spacial score (nSPS) is 26.0. The van der Waals surface area contributed by atoms with Crippen molar-refractivity contribution >= 4 is 29.4 Å². The molecule has 1 aromatic heterocycles. The van der Waals surface area contributed by atoms with Crippen LogP contribution in [-0.4, -0.2) is 62.5 Å². The van der Waals surface area contributed by atoms with Crippen LogP contribution < -0.4 is 11.3 Å². The minimum atomic E-state index is -1.00. The minimum absolute atomic E-state index is 0.0122. The summed E-state index contributed by atoms with van der Waals surface area (Å²) in [4.78, 5) is 57.0. The van der Waals surface area contributed by atoms with Crippen molar-refractivity contribution in [3.05, 3.63) is 61.8 Å². The van der Waals surface area contributed by atoms with Gasteiger partial charge in [0.25, 0.3) is 17.4 Å². The largest absolute Gasteiger partial charge is 0.502 e. The summed E-state index contributed by atoms with van der Waals surface area (Å²) < 4.78 is 20.6. The van der Waals surface area contributed by atoms with Crippen LogP contribution in [0.2, 0.25) is 5.02 Å². The number of rotatable bonds is 6. The number of fused-ring (bicyclic) bond motifs is 6. The maximum Gasteiger partial charge on any atom is 0.322 e. The summed E-state index contributed by atoms with van der Waals surface area (Å²) in [6.45, 7) is 3.55. The average Bonchev–Trinajstić information content (AvgIpc) is 3.29. The van der Waals surface area contributed by atoms with E-state index >= 15 is 0 Å². The van der Waals surface area contributed by atoms with Crippen LogP contribution in [0.25, 0.3) is 0 Å². The summed E-state index contributed by atoms with van der Waals surface area (Å²) in [6, 6.07) is 3.33. The zero-order valence-electron chi connectivity index (χ0n) is 22.9. The third-order valence-electron chi connectivity index (χ3n) is 9.27. The number of nitrogens with zero attached hydrogens (tertiary/aromatic N) is 3. The standard InChI is InChI=1S/C29H32ClFN4O6/c1-14(41-28(40)15(2)32)12-34-26(38)23-18-8-10-33(13-16-3-6-21(31)20(30)11-16)25(37)22(18)24(36)27(39)35(23)29(34)9-7-17-4-5-19(17)29/h3,6,11,14-15,17,19,36H,4-5,7-10,12-13,32H2,1-2H3. The predicted molar refractivity (Wildman–Crippen MR) is 146 cm³/mol. The van der Waals surface area contributed by atoms with Crippen LogP contribution in [0.4, 0.5) is 4.39 Å². The first-order chi connectivity index (χ1) is 19.5. The molecule has 0 radical (unpaired) electrons. The highest BCUT2D eigenvalue weighted by molar-refractivity contribution is 6.30. The second-order valence-corrected chi connectivity index (χ2v) is 12.1. The SMILES string of the molecule is CC(CN1C(=O)c2c3c(c(O)c(=O)n2C12CCC1CCC12)C(=O)N(Cc1ccc(F)c(Cl)c1)CC3)OC(=O)C(C)N. The van der Waals surface area contributed by atoms with Gasteiger partial charge in [-0.25, -0.2) is 4.39 Å². The van der Waals surface area contributed by atoms with Gasteiger partial charge in [0.1, 0.15) is 29.3 Å². The lowest BCUT2D eigenvalue weighted by molar-refractivity contribution is -0.151. The molecule has 12 heteroatoms. The molecule has 3 N–H and O–H groups in total. The maximum absolute atomic E-state index is 14.2. The molecule has 218 valence electrons. The fourth-order valence-electron chi connectivity index (χ4n) is 7.28. The van der Waals surface area contributed by atoms with E-state index in [1.165, 1.54) is 34.6 Å². The first kappa shape index (κ1) is 27.7. The number of pyridine rings is 1. The molecule has 4 aliphatic rings. The van der Waals surface area contributed by atoms with Crippen molar-refractivity contribution in [2.75, 3.05) is 13.1 Å². The summed E-state index contributed by atoms with van der Waals surface area (Å²) in [5, 5.41) is 11.2. The zero-order valence-corrected chi connectivity index (χ0v) is 23.6. The van der Waals surface area contributed by atoms with Gasteiger partial charge in [-0.3, -0.25) is 23.7 Å². The van der Waals surface area contributed by atoms with E-state index in [-0.39, 0.29) is 48.3 Å². The van der Waals surface area contributed by atoms with Crippen LogP contribution in [0, 0.1) is 17.7 Å². The Balaban J connectivity index is 1.41. The summed E-state index contributed by atoms with van der Waals surface area (Å²) in [7, 11) is 0. The molecule has 1 spiro atoms. The molecular weight excluding hydrogens is 555 g/mol. The number of carbonyl (C=O) groups excluding carboxylic acids is 3. The first-order valence-electron chi connectivity index (χ1n) is 14.0. The smallest absolute Gasteiger partial charge is 0.322 e. The predicted octanol–water partition coefficient (Wildman–Crippen LogP) is 2.75. The highest BCUT2D eigenvalue weighted by Crippen LogP contribution is 2.60. The number of hydrogen-bond donors (Lipinski definition) is 2. The lowest BCUT2D eigenvalue weighted by atomic mass is 9.72. The van der Waals surface area contributed by atoms with Crippen LogP contribution in [0.15, 0.2) is 23.0 Å². The fourth-order valence-corrected chi connectivity index (χ4v) is 7.48. The third-order valence-corrected chi connectivity index (χ3v) is 9.56. The van der Waals surface area contributed by atoms with Crippen molar-refractivity contribution in [2.24, 2.45) is 17.6 Å². The van der Waals surface area contributed by atoms with Crippen LogP contribution in [0.1, 0.15) is 71.5 Å². The molecule has 5 unspecified atom stereocenters. The first-order valence-corrected chi connectivity index (χ1v) is 14.4. The number of ether oxygens (including phenoxy) is 1. The van der Waals surface area contributed by atoms with Crippen molar-refractivity contribution in [1.29, 1.82) is 0 Å². The number of nitrogens with two attached hydrogens (primary N) is 1. The Kier molecular flexibility index (Phi) is 6.65. The Morgan fingerprint density at radius 1 is 1.22 bits per heavy atom.